The third-order valence-electron chi connectivity index (χ3n) is 5.82. The van der Waals surface area contributed by atoms with Crippen molar-refractivity contribution in [3.8, 4) is 0 Å². The second-order valence-corrected chi connectivity index (χ2v) is 8.38. The van der Waals surface area contributed by atoms with Crippen molar-refractivity contribution in [2.75, 3.05) is 6.61 Å². The van der Waals surface area contributed by atoms with Crippen LogP contribution in [0.1, 0.15) is 35.6 Å². The van der Waals surface area contributed by atoms with E-state index in [1.807, 2.05) is 44.2 Å². The molecule has 5 atom stereocenters. The van der Waals surface area contributed by atoms with Crippen molar-refractivity contribution in [1.82, 2.24) is 0 Å². The van der Waals surface area contributed by atoms with Gasteiger partial charge in [-0.05, 0) is 31.4 Å². The second-order valence-electron chi connectivity index (χ2n) is 8.38. The number of aliphatic hydroxyl groups excluding tert-OH is 4. The summed E-state index contributed by atoms with van der Waals surface area (Å²) in [5.41, 5.74) is -0.769. The average Bonchev–Trinajstić information content (AvgIpc) is 2.71. The smallest absolute Gasteiger partial charge is 0.126 e. The van der Waals surface area contributed by atoms with Gasteiger partial charge in [-0.3, -0.25) is 0 Å². The summed E-state index contributed by atoms with van der Waals surface area (Å²) in [7, 11) is 0. The van der Waals surface area contributed by atoms with E-state index in [0.29, 0.717) is 5.56 Å². The molecule has 0 amide bonds. The molecule has 0 saturated carbocycles. The van der Waals surface area contributed by atoms with Crippen molar-refractivity contribution in [3.05, 3.63) is 70.8 Å². The molecule has 6 nitrogen and oxygen atoms in total. The molecule has 0 saturated heterocycles. The standard InChI is InChI=1S/C24H34O6/c1-4-23(29,13-18-9-5-7-16(2)11-18)22(28)24(30,21(27)20(26)15-25)14-19-10-6-8-17(3)12-19/h5-12,20-22,25-30H,4,13-15H2,1-3H3/t20-,21+,22+,23?,24+/m0/s1. The number of aryl methyl sites for hydroxylation is 2. The van der Waals surface area contributed by atoms with Crippen LogP contribution in [0, 0.1) is 13.8 Å². The van der Waals surface area contributed by atoms with Crippen molar-refractivity contribution >= 4 is 0 Å². The molecule has 0 aliphatic carbocycles. The Hall–Kier alpha value is -1.80. The van der Waals surface area contributed by atoms with Crippen LogP contribution in [0.25, 0.3) is 0 Å². The van der Waals surface area contributed by atoms with E-state index in [2.05, 4.69) is 0 Å². The van der Waals surface area contributed by atoms with E-state index in [9.17, 15) is 30.6 Å². The monoisotopic (exact) mass is 418 g/mol. The van der Waals surface area contributed by atoms with Crippen LogP contribution >= 0.6 is 0 Å². The predicted octanol–water partition coefficient (Wildman–Crippen LogP) is 1.04. The Bertz CT molecular complexity index is 825. The molecule has 6 N–H and O–H groups in total. The molecule has 0 spiro atoms. The van der Waals surface area contributed by atoms with E-state index in [4.69, 9.17) is 0 Å². The minimum atomic E-state index is -2.30. The lowest BCUT2D eigenvalue weighted by atomic mass is 9.72. The van der Waals surface area contributed by atoms with Gasteiger partial charge in [-0.25, -0.2) is 0 Å². The quantitative estimate of drug-likeness (QED) is 0.343. The Balaban J connectivity index is 2.45. The maximum Gasteiger partial charge on any atom is 0.126 e. The van der Waals surface area contributed by atoms with E-state index in [-0.39, 0.29) is 19.3 Å². The molecule has 2 aromatic rings. The van der Waals surface area contributed by atoms with Gasteiger partial charge >= 0.3 is 0 Å². The minimum Gasteiger partial charge on any atom is -0.394 e. The fraction of sp³-hybridized carbons (Fsp3) is 0.500. The highest BCUT2D eigenvalue weighted by Gasteiger charge is 2.53. The van der Waals surface area contributed by atoms with E-state index in [1.165, 1.54) is 0 Å². The van der Waals surface area contributed by atoms with Gasteiger partial charge in [-0.1, -0.05) is 66.6 Å². The summed E-state index contributed by atoms with van der Waals surface area (Å²) in [6.45, 7) is 4.67. The highest BCUT2D eigenvalue weighted by Crippen LogP contribution is 2.34. The van der Waals surface area contributed by atoms with Crippen LogP contribution in [0.5, 0.6) is 0 Å². The molecule has 6 heteroatoms. The van der Waals surface area contributed by atoms with Crippen molar-refractivity contribution in [3.63, 3.8) is 0 Å². The second kappa shape index (κ2) is 10.0. The maximum atomic E-state index is 11.5. The maximum absolute atomic E-state index is 11.5. The Morgan fingerprint density at radius 3 is 1.77 bits per heavy atom. The first kappa shape index (κ1) is 24.5. The Kier molecular flexibility index (Phi) is 8.16. The van der Waals surface area contributed by atoms with Gasteiger partial charge in [-0.15, -0.1) is 0 Å². The van der Waals surface area contributed by atoms with Gasteiger partial charge in [0.05, 0.1) is 12.2 Å². The summed E-state index contributed by atoms with van der Waals surface area (Å²) in [5.74, 6) is 0. The topological polar surface area (TPSA) is 121 Å². The first-order valence-electron chi connectivity index (χ1n) is 10.3. The Morgan fingerprint density at radius 1 is 0.833 bits per heavy atom. The highest BCUT2D eigenvalue weighted by molar-refractivity contribution is 5.27. The molecule has 0 aliphatic heterocycles. The summed E-state index contributed by atoms with van der Waals surface area (Å²) >= 11 is 0. The number of rotatable bonds is 10. The first-order valence-corrected chi connectivity index (χ1v) is 10.3. The van der Waals surface area contributed by atoms with Gasteiger partial charge in [0.1, 0.15) is 23.9 Å². The molecule has 2 aromatic carbocycles. The van der Waals surface area contributed by atoms with Gasteiger partial charge in [0.15, 0.2) is 0 Å². The van der Waals surface area contributed by atoms with E-state index < -0.39 is 36.1 Å². The van der Waals surface area contributed by atoms with Crippen LogP contribution in [0.15, 0.2) is 48.5 Å². The molecular weight excluding hydrogens is 384 g/mol. The molecular formula is C24H34O6. The van der Waals surface area contributed by atoms with Crippen LogP contribution in [0.2, 0.25) is 0 Å². The Labute approximate surface area is 178 Å². The van der Waals surface area contributed by atoms with E-state index >= 15 is 0 Å². The van der Waals surface area contributed by atoms with Crippen LogP contribution in [-0.2, 0) is 12.8 Å². The fourth-order valence-corrected chi connectivity index (χ4v) is 4.00. The lowest BCUT2D eigenvalue weighted by Gasteiger charge is -2.46. The van der Waals surface area contributed by atoms with Gasteiger partial charge in [0.25, 0.3) is 0 Å². The summed E-state index contributed by atoms with van der Waals surface area (Å²) in [5, 5.41) is 64.1. The zero-order valence-electron chi connectivity index (χ0n) is 17.9. The molecule has 0 bridgehead atoms. The molecule has 166 valence electrons. The van der Waals surface area contributed by atoms with Crippen LogP contribution < -0.4 is 0 Å². The van der Waals surface area contributed by atoms with Crippen molar-refractivity contribution in [2.45, 2.75) is 69.5 Å². The molecule has 0 radical (unpaired) electrons. The normalized spacial score (nSPS) is 18.8. The molecule has 2 rings (SSSR count). The van der Waals surface area contributed by atoms with Gasteiger partial charge in [-0.2, -0.15) is 0 Å². The summed E-state index contributed by atoms with van der Waals surface area (Å²) in [6.07, 6.45) is -5.44. The predicted molar refractivity (Wildman–Crippen MR) is 115 cm³/mol. The average molecular weight is 419 g/mol. The Morgan fingerprint density at radius 2 is 1.33 bits per heavy atom. The molecule has 0 heterocycles. The van der Waals surface area contributed by atoms with Gasteiger partial charge in [0.2, 0.25) is 0 Å². The first-order chi connectivity index (χ1) is 14.1. The molecule has 30 heavy (non-hydrogen) atoms. The zero-order valence-corrected chi connectivity index (χ0v) is 17.9. The van der Waals surface area contributed by atoms with E-state index in [1.54, 1.807) is 25.1 Å². The van der Waals surface area contributed by atoms with Crippen molar-refractivity contribution in [2.24, 2.45) is 0 Å². The van der Waals surface area contributed by atoms with Crippen LogP contribution in [-0.4, -0.2) is 66.8 Å². The zero-order chi connectivity index (χ0) is 22.5. The molecule has 0 aliphatic rings. The molecule has 0 aromatic heterocycles. The van der Waals surface area contributed by atoms with Crippen molar-refractivity contribution < 1.29 is 30.6 Å². The van der Waals surface area contributed by atoms with Gasteiger partial charge < -0.3 is 30.6 Å². The number of hydrogen-bond acceptors (Lipinski definition) is 6. The fourth-order valence-electron chi connectivity index (χ4n) is 4.00. The summed E-state index contributed by atoms with van der Waals surface area (Å²) in [6, 6.07) is 14.6. The SMILES string of the molecule is CCC(O)(Cc1cccc(C)c1)[C@@H](O)[C@@](O)(Cc1cccc(C)c1)[C@H](O)[C@@H](O)CO. The lowest BCUT2D eigenvalue weighted by molar-refractivity contribution is -0.229. The number of hydrogen-bond donors (Lipinski definition) is 6. The summed E-state index contributed by atoms with van der Waals surface area (Å²) < 4.78 is 0. The minimum absolute atomic E-state index is 0.0460. The van der Waals surface area contributed by atoms with Gasteiger partial charge in [0, 0.05) is 12.8 Å². The third kappa shape index (κ3) is 5.46. The third-order valence-corrected chi connectivity index (χ3v) is 5.82. The lowest BCUT2D eigenvalue weighted by Crippen LogP contribution is -2.66. The number of benzene rings is 2. The van der Waals surface area contributed by atoms with Crippen LogP contribution in [0.4, 0.5) is 0 Å². The number of aliphatic hydroxyl groups is 6. The van der Waals surface area contributed by atoms with Crippen LogP contribution in [0.3, 0.4) is 0 Å². The van der Waals surface area contributed by atoms with Crippen molar-refractivity contribution in [1.29, 1.82) is 0 Å². The molecule has 0 fully saturated rings. The summed E-state index contributed by atoms with van der Waals surface area (Å²) in [4.78, 5) is 0. The highest BCUT2D eigenvalue weighted by atomic mass is 16.4. The molecule has 1 unspecified atom stereocenters. The van der Waals surface area contributed by atoms with E-state index in [0.717, 1.165) is 16.7 Å². The largest absolute Gasteiger partial charge is 0.394 e.